The lowest BCUT2D eigenvalue weighted by atomic mass is 10.2. The number of hydrogen-bond donors (Lipinski definition) is 1. The summed E-state index contributed by atoms with van der Waals surface area (Å²) in [5, 5.41) is 0. The van der Waals surface area contributed by atoms with Gasteiger partial charge in [0.1, 0.15) is 0 Å². The highest BCUT2D eigenvalue weighted by Crippen LogP contribution is 2.39. The van der Waals surface area contributed by atoms with Crippen molar-refractivity contribution < 1.29 is 0 Å². The molecule has 9 heavy (non-hydrogen) atoms. The Bertz CT molecular complexity index is 107. The van der Waals surface area contributed by atoms with Crippen molar-refractivity contribution in [3.63, 3.8) is 0 Å². The molecule has 1 aliphatic carbocycles. The Morgan fingerprint density at radius 1 is 1.78 bits per heavy atom. The average Bonchev–Trinajstić information content (AvgIpc) is 2.51. The number of rotatable bonds is 4. The van der Waals surface area contributed by atoms with Crippen LogP contribution in [0.2, 0.25) is 0 Å². The van der Waals surface area contributed by atoms with Crippen LogP contribution in [0.15, 0.2) is 12.7 Å². The molecule has 0 unspecified atom stereocenters. The summed E-state index contributed by atoms with van der Waals surface area (Å²) in [7, 11) is 0. The van der Waals surface area contributed by atoms with E-state index in [1.54, 1.807) is 11.9 Å². The second-order valence-electron chi connectivity index (χ2n) is 2.58. The van der Waals surface area contributed by atoms with Crippen LogP contribution in [0.3, 0.4) is 0 Å². The smallest absolute Gasteiger partial charge is 0.0318 e. The van der Waals surface area contributed by atoms with E-state index in [0.717, 1.165) is 6.42 Å². The van der Waals surface area contributed by atoms with Gasteiger partial charge in [0.05, 0.1) is 0 Å². The van der Waals surface area contributed by atoms with Crippen molar-refractivity contribution in [1.82, 2.24) is 4.72 Å². The molecule has 0 aromatic rings. The summed E-state index contributed by atoms with van der Waals surface area (Å²) in [6.45, 7) is 3.72. The molecule has 0 spiro atoms. The van der Waals surface area contributed by atoms with E-state index in [1.165, 1.54) is 12.8 Å². The molecule has 52 valence electrons. The van der Waals surface area contributed by atoms with Crippen molar-refractivity contribution in [2.24, 2.45) is 0 Å². The van der Waals surface area contributed by atoms with E-state index in [1.807, 2.05) is 6.08 Å². The van der Waals surface area contributed by atoms with Crippen molar-refractivity contribution in [2.75, 3.05) is 6.26 Å². The van der Waals surface area contributed by atoms with E-state index < -0.39 is 0 Å². The maximum Gasteiger partial charge on any atom is 0.0318 e. The van der Waals surface area contributed by atoms with E-state index in [0.29, 0.717) is 5.54 Å². The Morgan fingerprint density at radius 2 is 2.44 bits per heavy atom. The van der Waals surface area contributed by atoms with Gasteiger partial charge in [0.15, 0.2) is 0 Å². The van der Waals surface area contributed by atoms with E-state index in [4.69, 9.17) is 0 Å². The maximum atomic E-state index is 3.72. The van der Waals surface area contributed by atoms with Crippen LogP contribution in [0, 0.1) is 0 Å². The zero-order chi connectivity index (χ0) is 6.74. The Labute approximate surface area is 61.0 Å². The molecule has 1 rings (SSSR count). The van der Waals surface area contributed by atoms with Gasteiger partial charge in [-0.25, -0.2) is 0 Å². The fourth-order valence-corrected chi connectivity index (χ4v) is 1.71. The molecule has 0 aromatic heterocycles. The minimum Gasteiger partial charge on any atom is -0.258 e. The van der Waals surface area contributed by atoms with Crippen molar-refractivity contribution in [1.29, 1.82) is 0 Å². The van der Waals surface area contributed by atoms with Gasteiger partial charge in [0.2, 0.25) is 0 Å². The Kier molecular flexibility index (Phi) is 2.19. The Morgan fingerprint density at radius 3 is 2.78 bits per heavy atom. The molecule has 2 heteroatoms. The Balaban J connectivity index is 2.24. The minimum absolute atomic E-state index is 0.446. The monoisotopic (exact) mass is 143 g/mol. The summed E-state index contributed by atoms with van der Waals surface area (Å²) in [5.41, 5.74) is 0.446. The maximum absolute atomic E-state index is 3.72. The molecular formula is C7H13NS. The fourth-order valence-electron chi connectivity index (χ4n) is 0.992. The van der Waals surface area contributed by atoms with Crippen LogP contribution >= 0.6 is 11.9 Å². The van der Waals surface area contributed by atoms with Gasteiger partial charge in [-0.2, -0.15) is 0 Å². The summed E-state index contributed by atoms with van der Waals surface area (Å²) < 4.78 is 3.38. The predicted octanol–water partition coefficient (Wildman–Crippen LogP) is 1.96. The summed E-state index contributed by atoms with van der Waals surface area (Å²) in [4.78, 5) is 0. The third-order valence-electron chi connectivity index (χ3n) is 1.71. The standard InChI is InChI=1S/C7H13NS/c1-3-4-7(5-6-7)8-9-2/h3,8H,1,4-6H2,2H3. The average molecular weight is 143 g/mol. The largest absolute Gasteiger partial charge is 0.258 e. The summed E-state index contributed by atoms with van der Waals surface area (Å²) in [5.74, 6) is 0. The second-order valence-corrected chi connectivity index (χ2v) is 3.19. The molecule has 0 atom stereocenters. The van der Waals surface area contributed by atoms with Crippen molar-refractivity contribution in [3.05, 3.63) is 12.7 Å². The summed E-state index contributed by atoms with van der Waals surface area (Å²) in [6.07, 6.45) is 7.83. The van der Waals surface area contributed by atoms with Gasteiger partial charge >= 0.3 is 0 Å². The number of nitrogens with one attached hydrogen (secondary N) is 1. The molecular weight excluding hydrogens is 130 g/mol. The molecule has 0 amide bonds. The van der Waals surface area contributed by atoms with Crippen molar-refractivity contribution in [3.8, 4) is 0 Å². The number of hydrogen-bond acceptors (Lipinski definition) is 2. The molecule has 0 heterocycles. The minimum atomic E-state index is 0.446. The summed E-state index contributed by atoms with van der Waals surface area (Å²) in [6, 6.07) is 0. The first kappa shape index (κ1) is 7.16. The van der Waals surface area contributed by atoms with Gasteiger partial charge in [-0.05, 0) is 25.5 Å². The first-order valence-electron chi connectivity index (χ1n) is 3.24. The third kappa shape index (κ3) is 1.73. The second kappa shape index (κ2) is 2.76. The lowest BCUT2D eigenvalue weighted by Gasteiger charge is -2.11. The van der Waals surface area contributed by atoms with Gasteiger partial charge in [0, 0.05) is 5.54 Å². The van der Waals surface area contributed by atoms with Crippen LogP contribution in [-0.4, -0.2) is 11.8 Å². The first-order chi connectivity index (χ1) is 4.33. The highest BCUT2D eigenvalue weighted by molar-refractivity contribution is 7.96. The van der Waals surface area contributed by atoms with E-state index in [-0.39, 0.29) is 0 Å². The first-order valence-corrected chi connectivity index (χ1v) is 4.46. The van der Waals surface area contributed by atoms with Gasteiger partial charge in [0.25, 0.3) is 0 Å². The fraction of sp³-hybridized carbons (Fsp3) is 0.714. The molecule has 0 bridgehead atoms. The zero-order valence-electron chi connectivity index (χ0n) is 5.81. The molecule has 1 nitrogen and oxygen atoms in total. The molecule has 1 fully saturated rings. The normalized spacial score (nSPS) is 21.4. The van der Waals surface area contributed by atoms with Crippen LogP contribution < -0.4 is 4.72 Å². The molecule has 0 radical (unpaired) electrons. The van der Waals surface area contributed by atoms with Gasteiger partial charge in [-0.3, -0.25) is 4.72 Å². The van der Waals surface area contributed by atoms with Crippen molar-refractivity contribution in [2.45, 2.75) is 24.8 Å². The van der Waals surface area contributed by atoms with Gasteiger partial charge in [-0.15, -0.1) is 6.58 Å². The van der Waals surface area contributed by atoms with E-state index >= 15 is 0 Å². The highest BCUT2D eigenvalue weighted by Gasteiger charge is 2.40. The zero-order valence-corrected chi connectivity index (χ0v) is 6.63. The highest BCUT2D eigenvalue weighted by atomic mass is 32.2. The van der Waals surface area contributed by atoms with E-state index in [9.17, 15) is 0 Å². The molecule has 1 N–H and O–H groups in total. The van der Waals surface area contributed by atoms with Crippen LogP contribution in [0.4, 0.5) is 0 Å². The lowest BCUT2D eigenvalue weighted by molar-refractivity contribution is 0.640. The van der Waals surface area contributed by atoms with Crippen LogP contribution in [0.25, 0.3) is 0 Å². The topological polar surface area (TPSA) is 12.0 Å². The third-order valence-corrected chi connectivity index (χ3v) is 2.34. The molecule has 0 aliphatic heterocycles. The summed E-state index contributed by atoms with van der Waals surface area (Å²) >= 11 is 1.71. The molecule has 1 aliphatic rings. The quantitative estimate of drug-likeness (QED) is 0.477. The molecule has 1 saturated carbocycles. The van der Waals surface area contributed by atoms with Crippen LogP contribution in [0.1, 0.15) is 19.3 Å². The van der Waals surface area contributed by atoms with Gasteiger partial charge < -0.3 is 0 Å². The van der Waals surface area contributed by atoms with Gasteiger partial charge in [-0.1, -0.05) is 18.0 Å². The predicted molar refractivity (Wildman–Crippen MR) is 43.4 cm³/mol. The van der Waals surface area contributed by atoms with Crippen LogP contribution in [0.5, 0.6) is 0 Å². The SMILES string of the molecule is C=CCC1(NSC)CC1. The van der Waals surface area contributed by atoms with Crippen LogP contribution in [-0.2, 0) is 0 Å². The van der Waals surface area contributed by atoms with Crippen molar-refractivity contribution >= 4 is 11.9 Å². The molecule has 0 aromatic carbocycles. The Hall–Kier alpha value is 0.0500. The molecule has 0 saturated heterocycles. The lowest BCUT2D eigenvalue weighted by Crippen LogP contribution is -2.23. The van der Waals surface area contributed by atoms with E-state index in [2.05, 4.69) is 17.6 Å².